The number of carbonyl (C=O) groups is 3. The molecular formula is C22H20N2O5S2. The molecule has 2 aromatic carbocycles. The van der Waals surface area contributed by atoms with Crippen LogP contribution in [-0.2, 0) is 9.59 Å². The van der Waals surface area contributed by atoms with Gasteiger partial charge in [0.1, 0.15) is 10.1 Å². The fraction of sp³-hybridized carbons (Fsp3) is 0.182. The SMILES string of the molecule is COc1cccc(/C=C2\SC(=S)N(CCCC(=O)Nc3cccc(C(=O)O)c3)C2=O)c1. The Bertz CT molecular complexity index is 1070. The van der Waals surface area contributed by atoms with Gasteiger partial charge < -0.3 is 15.2 Å². The number of hydrogen-bond acceptors (Lipinski definition) is 6. The molecule has 1 aliphatic heterocycles. The van der Waals surface area contributed by atoms with E-state index >= 15 is 0 Å². The first-order valence-corrected chi connectivity index (χ1v) is 10.6. The lowest BCUT2D eigenvalue weighted by Crippen LogP contribution is -2.29. The summed E-state index contributed by atoms with van der Waals surface area (Å²) in [5, 5.41) is 11.7. The molecule has 2 N–H and O–H groups in total. The van der Waals surface area contributed by atoms with Gasteiger partial charge in [-0.25, -0.2) is 4.79 Å². The number of ether oxygens (including phenoxy) is 1. The Hall–Kier alpha value is -3.17. The number of nitrogens with one attached hydrogen (secondary N) is 1. The van der Waals surface area contributed by atoms with Crippen LogP contribution >= 0.6 is 24.0 Å². The minimum atomic E-state index is -1.06. The summed E-state index contributed by atoms with van der Waals surface area (Å²) in [6.45, 7) is 0.322. The van der Waals surface area contributed by atoms with Crippen LogP contribution in [0.2, 0.25) is 0 Å². The highest BCUT2D eigenvalue weighted by Gasteiger charge is 2.31. The van der Waals surface area contributed by atoms with E-state index in [4.69, 9.17) is 22.1 Å². The number of nitrogens with zero attached hydrogens (tertiary/aromatic N) is 1. The zero-order valence-corrected chi connectivity index (χ0v) is 18.3. The van der Waals surface area contributed by atoms with E-state index in [0.29, 0.717) is 33.6 Å². The van der Waals surface area contributed by atoms with Gasteiger partial charge in [-0.15, -0.1) is 0 Å². The third-order valence-corrected chi connectivity index (χ3v) is 5.82. The van der Waals surface area contributed by atoms with Crippen molar-refractivity contribution in [3.8, 4) is 5.75 Å². The van der Waals surface area contributed by atoms with E-state index in [9.17, 15) is 14.4 Å². The number of thiocarbonyl (C=S) groups is 1. The van der Waals surface area contributed by atoms with Crippen LogP contribution in [0.3, 0.4) is 0 Å². The van der Waals surface area contributed by atoms with Gasteiger partial charge in [-0.3, -0.25) is 14.5 Å². The number of methoxy groups -OCH3 is 1. The van der Waals surface area contributed by atoms with Gasteiger partial charge in [-0.05, 0) is 48.4 Å². The van der Waals surface area contributed by atoms with Crippen molar-refractivity contribution in [2.24, 2.45) is 0 Å². The number of aromatic carboxylic acids is 1. The van der Waals surface area contributed by atoms with Gasteiger partial charge >= 0.3 is 5.97 Å². The lowest BCUT2D eigenvalue weighted by atomic mass is 10.2. The number of rotatable bonds is 8. The molecule has 2 aromatic rings. The van der Waals surface area contributed by atoms with E-state index < -0.39 is 5.97 Å². The van der Waals surface area contributed by atoms with Crippen molar-refractivity contribution in [2.45, 2.75) is 12.8 Å². The van der Waals surface area contributed by atoms with Gasteiger partial charge in [0.2, 0.25) is 5.91 Å². The van der Waals surface area contributed by atoms with Gasteiger partial charge in [0, 0.05) is 18.7 Å². The molecule has 9 heteroatoms. The van der Waals surface area contributed by atoms with Gasteiger partial charge in [-0.2, -0.15) is 0 Å². The van der Waals surface area contributed by atoms with Crippen molar-refractivity contribution in [1.29, 1.82) is 0 Å². The van der Waals surface area contributed by atoms with E-state index in [1.165, 1.54) is 28.8 Å². The zero-order valence-electron chi connectivity index (χ0n) is 16.7. The maximum atomic E-state index is 12.7. The number of carboxylic acid groups (broad SMARTS) is 1. The minimum absolute atomic E-state index is 0.0955. The second-order valence-corrected chi connectivity index (χ2v) is 8.32. The molecule has 0 saturated carbocycles. The summed E-state index contributed by atoms with van der Waals surface area (Å²) in [7, 11) is 1.58. The highest BCUT2D eigenvalue weighted by atomic mass is 32.2. The largest absolute Gasteiger partial charge is 0.497 e. The van der Waals surface area contributed by atoms with Crippen LogP contribution in [0.4, 0.5) is 5.69 Å². The molecule has 31 heavy (non-hydrogen) atoms. The summed E-state index contributed by atoms with van der Waals surface area (Å²) < 4.78 is 5.65. The van der Waals surface area contributed by atoms with E-state index in [1.807, 2.05) is 24.3 Å². The normalized spacial score (nSPS) is 14.7. The molecule has 7 nitrogen and oxygen atoms in total. The third-order valence-electron chi connectivity index (χ3n) is 4.44. The van der Waals surface area contributed by atoms with E-state index in [0.717, 1.165) is 5.56 Å². The van der Waals surface area contributed by atoms with Crippen molar-refractivity contribution >= 4 is 57.8 Å². The topological polar surface area (TPSA) is 95.9 Å². The summed E-state index contributed by atoms with van der Waals surface area (Å²) in [5.74, 6) is -0.816. The molecule has 160 valence electrons. The molecule has 1 saturated heterocycles. The number of hydrogen-bond donors (Lipinski definition) is 2. The Morgan fingerprint density at radius 1 is 1.23 bits per heavy atom. The zero-order chi connectivity index (χ0) is 22.4. The summed E-state index contributed by atoms with van der Waals surface area (Å²) >= 11 is 6.56. The van der Waals surface area contributed by atoms with Gasteiger partial charge in [0.05, 0.1) is 17.6 Å². The molecule has 0 radical (unpaired) electrons. The van der Waals surface area contributed by atoms with Crippen LogP contribution in [0.25, 0.3) is 6.08 Å². The number of carbonyl (C=O) groups excluding carboxylic acids is 2. The van der Waals surface area contributed by atoms with Crippen LogP contribution in [0, 0.1) is 0 Å². The van der Waals surface area contributed by atoms with Crippen molar-refractivity contribution in [2.75, 3.05) is 19.0 Å². The van der Waals surface area contributed by atoms with Gasteiger partial charge in [0.25, 0.3) is 5.91 Å². The first-order chi connectivity index (χ1) is 14.9. The molecule has 0 atom stereocenters. The molecule has 0 spiro atoms. The van der Waals surface area contributed by atoms with Crippen LogP contribution in [-0.4, -0.2) is 45.8 Å². The Morgan fingerprint density at radius 2 is 2.00 bits per heavy atom. The average molecular weight is 457 g/mol. The third kappa shape index (κ3) is 5.93. The number of carboxylic acids is 1. The quantitative estimate of drug-likeness (QED) is 0.458. The molecule has 0 bridgehead atoms. The standard InChI is InChI=1S/C22H20N2O5S2/c1-29-17-8-2-5-14(11-17)12-18-20(26)24(22(30)31-18)10-4-9-19(25)23-16-7-3-6-15(13-16)21(27)28/h2-3,5-8,11-13H,4,9-10H2,1H3,(H,23,25)(H,27,28)/b18-12-. The fourth-order valence-electron chi connectivity index (χ4n) is 2.93. The highest BCUT2D eigenvalue weighted by molar-refractivity contribution is 8.26. The first-order valence-electron chi connectivity index (χ1n) is 9.40. The number of amides is 2. The second-order valence-electron chi connectivity index (χ2n) is 6.65. The smallest absolute Gasteiger partial charge is 0.335 e. The molecule has 1 aliphatic rings. The van der Waals surface area contributed by atoms with Crippen LogP contribution in [0.5, 0.6) is 5.75 Å². The van der Waals surface area contributed by atoms with Crippen molar-refractivity contribution in [1.82, 2.24) is 4.90 Å². The monoisotopic (exact) mass is 456 g/mol. The average Bonchev–Trinajstić information content (AvgIpc) is 3.01. The van der Waals surface area contributed by atoms with Gasteiger partial charge in [0.15, 0.2) is 0 Å². The number of benzene rings is 2. The summed E-state index contributed by atoms with van der Waals surface area (Å²) in [6, 6.07) is 13.4. The number of thioether (sulfide) groups is 1. The lowest BCUT2D eigenvalue weighted by molar-refractivity contribution is -0.122. The maximum absolute atomic E-state index is 12.7. The maximum Gasteiger partial charge on any atom is 0.335 e. The predicted molar refractivity (Wildman–Crippen MR) is 124 cm³/mol. The Balaban J connectivity index is 1.54. The van der Waals surface area contributed by atoms with Crippen LogP contribution in [0.15, 0.2) is 53.4 Å². The molecular weight excluding hydrogens is 436 g/mol. The Labute approximate surface area is 189 Å². The van der Waals surface area contributed by atoms with E-state index in [2.05, 4.69) is 5.32 Å². The summed E-state index contributed by atoms with van der Waals surface area (Å²) in [4.78, 5) is 37.9. The molecule has 1 heterocycles. The van der Waals surface area contributed by atoms with Crippen molar-refractivity contribution in [3.63, 3.8) is 0 Å². The van der Waals surface area contributed by atoms with E-state index in [-0.39, 0.29) is 23.8 Å². The molecule has 1 fully saturated rings. The Morgan fingerprint density at radius 3 is 2.74 bits per heavy atom. The van der Waals surface area contributed by atoms with Crippen LogP contribution < -0.4 is 10.1 Å². The molecule has 0 unspecified atom stereocenters. The molecule has 0 aromatic heterocycles. The summed E-state index contributed by atoms with van der Waals surface area (Å²) in [5.41, 5.74) is 1.35. The molecule has 0 aliphatic carbocycles. The first kappa shape index (κ1) is 22.5. The molecule has 2 amide bonds. The van der Waals surface area contributed by atoms with Gasteiger partial charge in [-0.1, -0.05) is 42.2 Å². The van der Waals surface area contributed by atoms with Crippen molar-refractivity contribution < 1.29 is 24.2 Å². The van der Waals surface area contributed by atoms with E-state index in [1.54, 1.807) is 25.3 Å². The predicted octanol–water partition coefficient (Wildman–Crippen LogP) is 4.01. The van der Waals surface area contributed by atoms with Crippen molar-refractivity contribution in [3.05, 3.63) is 64.6 Å². The summed E-state index contributed by atoms with van der Waals surface area (Å²) in [6.07, 6.45) is 2.36. The lowest BCUT2D eigenvalue weighted by Gasteiger charge is -2.14. The second kappa shape index (κ2) is 10.2. The minimum Gasteiger partial charge on any atom is -0.497 e. The van der Waals surface area contributed by atoms with Crippen LogP contribution in [0.1, 0.15) is 28.8 Å². The number of anilines is 1. The molecule has 3 rings (SSSR count). The Kier molecular flexibility index (Phi) is 7.43. The fourth-order valence-corrected chi connectivity index (χ4v) is 4.24. The highest BCUT2D eigenvalue weighted by Crippen LogP contribution is 2.33.